The third-order valence-electron chi connectivity index (χ3n) is 4.09. The summed E-state index contributed by atoms with van der Waals surface area (Å²) in [5, 5.41) is 10.2. The fourth-order valence-electron chi connectivity index (χ4n) is 2.33. The van der Waals surface area contributed by atoms with E-state index in [4.69, 9.17) is 4.18 Å². The molecule has 0 aromatic heterocycles. The lowest BCUT2D eigenvalue weighted by atomic mass is 9.96. The molecule has 0 heterocycles. The second-order valence-corrected chi connectivity index (χ2v) is 7.74. The van der Waals surface area contributed by atoms with Gasteiger partial charge < -0.3 is 5.11 Å². The maximum absolute atomic E-state index is 12.1. The minimum Gasteiger partial charge on any atom is -0.390 e. The van der Waals surface area contributed by atoms with Crippen LogP contribution < -0.4 is 0 Å². The third kappa shape index (κ3) is 5.44. The van der Waals surface area contributed by atoms with E-state index in [0.29, 0.717) is 0 Å². The number of aryl methyl sites for hydroxylation is 2. The fraction of sp³-hybridized carbons (Fsp3) is 0.368. The standard InChI is InChI=1S/C19H24O4S/c1-15-8-12-18(13-9-15)24(21,22)23-14-19(20)16(2)10-11-17-6-4-3-5-7-17/h3-9,12-13,16,19-20H,10-11,14H2,1-2H3/t16?,19-/m0/s1. The predicted molar refractivity (Wildman–Crippen MR) is 94.3 cm³/mol. The molecule has 0 aliphatic rings. The van der Waals surface area contributed by atoms with Crippen molar-refractivity contribution < 1.29 is 17.7 Å². The Morgan fingerprint density at radius 2 is 1.67 bits per heavy atom. The van der Waals surface area contributed by atoms with Gasteiger partial charge in [-0.1, -0.05) is 55.0 Å². The zero-order valence-corrected chi connectivity index (χ0v) is 14.9. The highest BCUT2D eigenvalue weighted by molar-refractivity contribution is 7.86. The molecule has 2 atom stereocenters. The molecule has 24 heavy (non-hydrogen) atoms. The number of aliphatic hydroxyl groups is 1. The molecule has 4 nitrogen and oxygen atoms in total. The van der Waals surface area contributed by atoms with Crippen molar-refractivity contribution in [3.05, 3.63) is 65.7 Å². The van der Waals surface area contributed by atoms with Crippen molar-refractivity contribution in [3.8, 4) is 0 Å². The lowest BCUT2D eigenvalue weighted by molar-refractivity contribution is 0.0629. The van der Waals surface area contributed by atoms with Crippen molar-refractivity contribution in [1.82, 2.24) is 0 Å². The van der Waals surface area contributed by atoms with Gasteiger partial charge in [-0.3, -0.25) is 4.18 Å². The average Bonchev–Trinajstić information content (AvgIpc) is 2.59. The number of hydrogen-bond acceptors (Lipinski definition) is 4. The Morgan fingerprint density at radius 1 is 1.04 bits per heavy atom. The zero-order valence-electron chi connectivity index (χ0n) is 14.1. The van der Waals surface area contributed by atoms with Gasteiger partial charge in [-0.25, -0.2) is 0 Å². The number of rotatable bonds is 8. The van der Waals surface area contributed by atoms with E-state index in [1.54, 1.807) is 12.1 Å². The minimum atomic E-state index is -3.83. The largest absolute Gasteiger partial charge is 0.390 e. The quantitative estimate of drug-likeness (QED) is 0.743. The van der Waals surface area contributed by atoms with Crippen LogP contribution in [0.5, 0.6) is 0 Å². The highest BCUT2D eigenvalue weighted by Gasteiger charge is 2.20. The van der Waals surface area contributed by atoms with Gasteiger partial charge in [-0.05, 0) is 43.4 Å². The van der Waals surface area contributed by atoms with E-state index in [1.807, 2.05) is 44.2 Å². The molecule has 1 unspecified atom stereocenters. The Balaban J connectivity index is 1.85. The second-order valence-electron chi connectivity index (χ2n) is 6.12. The molecule has 0 spiro atoms. The van der Waals surface area contributed by atoms with E-state index in [-0.39, 0.29) is 17.4 Å². The molecule has 0 saturated carbocycles. The first-order valence-electron chi connectivity index (χ1n) is 8.06. The average molecular weight is 348 g/mol. The van der Waals surface area contributed by atoms with Crippen LogP contribution in [0.1, 0.15) is 24.5 Å². The lowest BCUT2D eigenvalue weighted by Gasteiger charge is -2.18. The van der Waals surface area contributed by atoms with Crippen molar-refractivity contribution in [2.45, 2.75) is 37.7 Å². The van der Waals surface area contributed by atoms with Gasteiger partial charge in [0.05, 0.1) is 17.6 Å². The van der Waals surface area contributed by atoms with Gasteiger partial charge in [-0.2, -0.15) is 8.42 Å². The highest BCUT2D eigenvalue weighted by atomic mass is 32.2. The van der Waals surface area contributed by atoms with Crippen LogP contribution >= 0.6 is 0 Å². The van der Waals surface area contributed by atoms with Gasteiger partial charge in [-0.15, -0.1) is 0 Å². The summed E-state index contributed by atoms with van der Waals surface area (Å²) in [7, 11) is -3.83. The summed E-state index contributed by atoms with van der Waals surface area (Å²) in [5.74, 6) is -0.0570. The van der Waals surface area contributed by atoms with E-state index in [0.717, 1.165) is 18.4 Å². The van der Waals surface area contributed by atoms with E-state index in [9.17, 15) is 13.5 Å². The van der Waals surface area contributed by atoms with Crippen molar-refractivity contribution in [2.24, 2.45) is 5.92 Å². The third-order valence-corrected chi connectivity index (χ3v) is 5.39. The van der Waals surface area contributed by atoms with Gasteiger partial charge in [0, 0.05) is 0 Å². The fourth-order valence-corrected chi connectivity index (χ4v) is 3.25. The van der Waals surface area contributed by atoms with E-state index in [1.165, 1.54) is 17.7 Å². The van der Waals surface area contributed by atoms with E-state index in [2.05, 4.69) is 0 Å². The summed E-state index contributed by atoms with van der Waals surface area (Å²) in [6, 6.07) is 16.5. The Labute approximate surface area is 144 Å². The molecule has 0 bridgehead atoms. The van der Waals surface area contributed by atoms with E-state index < -0.39 is 16.2 Å². The molecule has 1 N–H and O–H groups in total. The van der Waals surface area contributed by atoms with Gasteiger partial charge in [0.15, 0.2) is 0 Å². The molecule has 0 aliphatic heterocycles. The Morgan fingerprint density at radius 3 is 2.29 bits per heavy atom. The van der Waals surface area contributed by atoms with Gasteiger partial charge in [0.2, 0.25) is 0 Å². The molecule has 0 radical (unpaired) electrons. The first-order chi connectivity index (χ1) is 11.4. The van der Waals surface area contributed by atoms with Gasteiger partial charge >= 0.3 is 0 Å². The van der Waals surface area contributed by atoms with Crippen molar-refractivity contribution in [2.75, 3.05) is 6.61 Å². The Bertz CT molecular complexity index is 724. The molecule has 5 heteroatoms. The van der Waals surface area contributed by atoms with Crippen LogP contribution in [0.25, 0.3) is 0 Å². The van der Waals surface area contributed by atoms with Crippen LogP contribution in [0.2, 0.25) is 0 Å². The summed E-state index contributed by atoms with van der Waals surface area (Å²) in [6.45, 7) is 3.55. The smallest absolute Gasteiger partial charge is 0.297 e. The second kappa shape index (κ2) is 8.42. The summed E-state index contributed by atoms with van der Waals surface area (Å²) in [6.07, 6.45) is 0.775. The van der Waals surface area contributed by atoms with Crippen molar-refractivity contribution >= 4 is 10.1 Å². The topological polar surface area (TPSA) is 63.6 Å². The molecule has 0 saturated heterocycles. The molecule has 0 amide bonds. The lowest BCUT2D eigenvalue weighted by Crippen LogP contribution is -2.26. The van der Waals surface area contributed by atoms with E-state index >= 15 is 0 Å². The monoisotopic (exact) mass is 348 g/mol. The molecular formula is C19H24O4S. The SMILES string of the molecule is Cc1ccc(S(=O)(=O)OC[C@H](O)C(C)CCc2ccccc2)cc1. The summed E-state index contributed by atoms with van der Waals surface area (Å²) in [5.41, 5.74) is 2.17. The van der Waals surface area contributed by atoms with Crippen LogP contribution in [0.4, 0.5) is 0 Å². The maximum atomic E-state index is 12.1. The molecule has 130 valence electrons. The molecule has 2 rings (SSSR count). The molecule has 0 aliphatic carbocycles. The number of hydrogen-bond donors (Lipinski definition) is 1. The van der Waals surface area contributed by atoms with Crippen molar-refractivity contribution in [3.63, 3.8) is 0 Å². The van der Waals surface area contributed by atoms with Crippen LogP contribution in [-0.4, -0.2) is 26.2 Å². The zero-order chi connectivity index (χ0) is 17.6. The summed E-state index contributed by atoms with van der Waals surface area (Å²) in [4.78, 5) is 0.109. The molecule has 2 aromatic rings. The van der Waals surface area contributed by atoms with Crippen LogP contribution in [0.15, 0.2) is 59.5 Å². The van der Waals surface area contributed by atoms with Gasteiger partial charge in [0.25, 0.3) is 10.1 Å². The molecule has 2 aromatic carbocycles. The summed E-state index contributed by atoms with van der Waals surface area (Å²) < 4.78 is 29.2. The first-order valence-corrected chi connectivity index (χ1v) is 9.47. The van der Waals surface area contributed by atoms with Crippen molar-refractivity contribution in [1.29, 1.82) is 0 Å². The first kappa shape index (κ1) is 18.6. The number of benzene rings is 2. The summed E-state index contributed by atoms with van der Waals surface area (Å²) >= 11 is 0. The normalized spacial score (nSPS) is 14.3. The predicted octanol–water partition coefficient (Wildman–Crippen LogP) is 3.33. The van der Waals surface area contributed by atoms with Crippen LogP contribution in [-0.2, 0) is 20.7 Å². The van der Waals surface area contributed by atoms with Crippen LogP contribution in [0, 0.1) is 12.8 Å². The van der Waals surface area contributed by atoms with Crippen LogP contribution in [0.3, 0.4) is 0 Å². The highest BCUT2D eigenvalue weighted by Crippen LogP contribution is 2.17. The molecule has 0 fully saturated rings. The minimum absolute atomic E-state index is 0.0570. The molecular weight excluding hydrogens is 324 g/mol. The Kier molecular flexibility index (Phi) is 6.54. The Hall–Kier alpha value is -1.69. The maximum Gasteiger partial charge on any atom is 0.297 e. The van der Waals surface area contributed by atoms with Gasteiger partial charge in [0.1, 0.15) is 0 Å². The number of aliphatic hydroxyl groups excluding tert-OH is 1.